The molecule has 0 bridgehead atoms. The Kier molecular flexibility index (Phi) is 4.96. The van der Waals surface area contributed by atoms with Gasteiger partial charge in [0.1, 0.15) is 0 Å². The molecule has 0 atom stereocenters. The minimum Gasteiger partial charge on any atom is -0.378 e. The van der Waals surface area contributed by atoms with Crippen LogP contribution in [0.25, 0.3) is 0 Å². The third-order valence-electron chi connectivity index (χ3n) is 2.23. The molecule has 0 aliphatic heterocycles. The molecule has 2 aromatic heterocycles. The first-order valence-electron chi connectivity index (χ1n) is 5.17. The summed E-state index contributed by atoms with van der Waals surface area (Å²) in [5, 5.41) is 7.28. The summed E-state index contributed by atoms with van der Waals surface area (Å²) in [5.74, 6) is 0. The van der Waals surface area contributed by atoms with Crippen LogP contribution >= 0.6 is 23.7 Å². The van der Waals surface area contributed by atoms with Crippen LogP contribution in [0.5, 0.6) is 0 Å². The van der Waals surface area contributed by atoms with Crippen molar-refractivity contribution in [2.24, 2.45) is 0 Å². The van der Waals surface area contributed by atoms with Gasteiger partial charge in [0, 0.05) is 23.7 Å². The Morgan fingerprint density at radius 3 is 2.76 bits per heavy atom. The van der Waals surface area contributed by atoms with E-state index < -0.39 is 0 Å². The largest absolute Gasteiger partial charge is 0.378 e. The van der Waals surface area contributed by atoms with Crippen LogP contribution in [-0.4, -0.2) is 9.78 Å². The highest BCUT2D eigenvalue weighted by Gasteiger charge is 2.02. The van der Waals surface area contributed by atoms with Gasteiger partial charge in [-0.15, -0.1) is 23.7 Å². The van der Waals surface area contributed by atoms with Gasteiger partial charge in [0.15, 0.2) is 5.13 Å². The van der Waals surface area contributed by atoms with Crippen molar-refractivity contribution in [3.8, 4) is 0 Å². The van der Waals surface area contributed by atoms with Crippen molar-refractivity contribution in [2.45, 2.75) is 26.4 Å². The highest BCUT2D eigenvalue weighted by atomic mass is 35.5. The molecular formula is C11H15ClFN3S. The molecule has 0 radical (unpaired) electrons. The van der Waals surface area contributed by atoms with Gasteiger partial charge < -0.3 is 5.32 Å². The van der Waals surface area contributed by atoms with E-state index in [1.807, 2.05) is 10.9 Å². The summed E-state index contributed by atoms with van der Waals surface area (Å²) in [7, 11) is 0. The molecule has 0 unspecified atom stereocenters. The number of halogens is 2. The first-order chi connectivity index (χ1) is 7.65. The van der Waals surface area contributed by atoms with Crippen molar-refractivity contribution >= 4 is 29.4 Å². The standard InChI is InChI=1S/C11H14FN3S.ClH/c1-8(2)15-7-9(5-14-15)13-6-10-3-4-11(12)16-10;/h3-5,7-8,13H,6H2,1-2H3;1H. The van der Waals surface area contributed by atoms with Crippen LogP contribution < -0.4 is 5.32 Å². The molecule has 2 rings (SSSR count). The fourth-order valence-corrected chi connectivity index (χ4v) is 2.01. The normalized spacial score (nSPS) is 10.4. The molecular weight excluding hydrogens is 261 g/mol. The molecule has 0 saturated carbocycles. The number of thiophene rings is 1. The van der Waals surface area contributed by atoms with Crippen molar-refractivity contribution in [3.05, 3.63) is 34.5 Å². The van der Waals surface area contributed by atoms with E-state index in [1.54, 1.807) is 12.3 Å². The average Bonchev–Trinajstić information content (AvgIpc) is 2.83. The van der Waals surface area contributed by atoms with Crippen molar-refractivity contribution in [3.63, 3.8) is 0 Å². The minimum absolute atomic E-state index is 0. The predicted molar refractivity (Wildman–Crippen MR) is 71.5 cm³/mol. The Balaban J connectivity index is 0.00000144. The van der Waals surface area contributed by atoms with E-state index >= 15 is 0 Å². The summed E-state index contributed by atoms with van der Waals surface area (Å²) < 4.78 is 14.6. The Morgan fingerprint density at radius 1 is 1.47 bits per heavy atom. The Hall–Kier alpha value is -1.07. The van der Waals surface area contributed by atoms with Crippen LogP contribution in [0.1, 0.15) is 24.8 Å². The van der Waals surface area contributed by atoms with Crippen molar-refractivity contribution in [2.75, 3.05) is 5.32 Å². The molecule has 2 aromatic rings. The van der Waals surface area contributed by atoms with E-state index in [4.69, 9.17) is 0 Å². The van der Waals surface area contributed by atoms with E-state index in [-0.39, 0.29) is 17.5 Å². The predicted octanol–water partition coefficient (Wildman–Crippen LogP) is 3.70. The van der Waals surface area contributed by atoms with E-state index in [2.05, 4.69) is 24.3 Å². The van der Waals surface area contributed by atoms with Gasteiger partial charge in [0.2, 0.25) is 0 Å². The van der Waals surface area contributed by atoms with Crippen LogP contribution in [0.15, 0.2) is 24.5 Å². The summed E-state index contributed by atoms with van der Waals surface area (Å²) in [6.07, 6.45) is 3.73. The number of rotatable bonds is 4. The van der Waals surface area contributed by atoms with Crippen LogP contribution in [0.2, 0.25) is 0 Å². The van der Waals surface area contributed by atoms with Gasteiger partial charge in [-0.3, -0.25) is 4.68 Å². The second-order valence-electron chi connectivity index (χ2n) is 3.86. The molecule has 2 heterocycles. The van der Waals surface area contributed by atoms with Crippen LogP contribution in [0.3, 0.4) is 0 Å². The quantitative estimate of drug-likeness (QED) is 0.922. The minimum atomic E-state index is -0.144. The van der Waals surface area contributed by atoms with Crippen molar-refractivity contribution < 1.29 is 4.39 Å². The fraction of sp³-hybridized carbons (Fsp3) is 0.364. The van der Waals surface area contributed by atoms with E-state index in [1.165, 1.54) is 6.07 Å². The Morgan fingerprint density at radius 2 is 2.24 bits per heavy atom. The topological polar surface area (TPSA) is 29.9 Å². The monoisotopic (exact) mass is 275 g/mol. The van der Waals surface area contributed by atoms with Crippen LogP contribution in [-0.2, 0) is 6.54 Å². The molecule has 0 aliphatic carbocycles. The molecule has 0 aromatic carbocycles. The number of anilines is 1. The van der Waals surface area contributed by atoms with Crippen molar-refractivity contribution in [1.82, 2.24) is 9.78 Å². The number of aromatic nitrogens is 2. The second kappa shape index (κ2) is 6.02. The summed E-state index contributed by atoms with van der Waals surface area (Å²) in [4.78, 5) is 0.981. The lowest BCUT2D eigenvalue weighted by Gasteiger charge is -2.03. The third kappa shape index (κ3) is 3.71. The maximum atomic E-state index is 12.7. The van der Waals surface area contributed by atoms with Gasteiger partial charge in [-0.25, -0.2) is 0 Å². The van der Waals surface area contributed by atoms with E-state index in [9.17, 15) is 4.39 Å². The molecule has 17 heavy (non-hydrogen) atoms. The first kappa shape index (κ1) is 14.0. The zero-order chi connectivity index (χ0) is 11.5. The number of nitrogens with zero attached hydrogens (tertiary/aromatic N) is 2. The van der Waals surface area contributed by atoms with Crippen LogP contribution in [0.4, 0.5) is 10.1 Å². The van der Waals surface area contributed by atoms with Crippen LogP contribution in [0, 0.1) is 5.13 Å². The zero-order valence-electron chi connectivity index (χ0n) is 9.68. The fourth-order valence-electron chi connectivity index (χ4n) is 1.35. The van der Waals surface area contributed by atoms with E-state index in [0.29, 0.717) is 12.6 Å². The maximum Gasteiger partial charge on any atom is 0.176 e. The van der Waals surface area contributed by atoms with E-state index in [0.717, 1.165) is 21.9 Å². The molecule has 0 aliphatic rings. The van der Waals surface area contributed by atoms with Gasteiger partial charge in [0.05, 0.1) is 11.9 Å². The average molecular weight is 276 g/mol. The van der Waals surface area contributed by atoms with Gasteiger partial charge in [-0.05, 0) is 26.0 Å². The van der Waals surface area contributed by atoms with Gasteiger partial charge in [-0.2, -0.15) is 9.49 Å². The van der Waals surface area contributed by atoms with Gasteiger partial charge in [-0.1, -0.05) is 0 Å². The lowest BCUT2D eigenvalue weighted by atomic mass is 10.4. The smallest absolute Gasteiger partial charge is 0.176 e. The summed E-state index contributed by atoms with van der Waals surface area (Å²) in [6, 6.07) is 3.63. The zero-order valence-corrected chi connectivity index (χ0v) is 11.3. The molecule has 3 nitrogen and oxygen atoms in total. The molecule has 0 spiro atoms. The van der Waals surface area contributed by atoms with Gasteiger partial charge in [0.25, 0.3) is 0 Å². The lowest BCUT2D eigenvalue weighted by molar-refractivity contribution is 0.532. The van der Waals surface area contributed by atoms with Gasteiger partial charge >= 0.3 is 0 Å². The highest BCUT2D eigenvalue weighted by molar-refractivity contribution is 7.10. The number of nitrogens with one attached hydrogen (secondary N) is 1. The second-order valence-corrected chi connectivity index (χ2v) is 4.98. The number of hydrogen-bond acceptors (Lipinski definition) is 3. The Bertz CT molecular complexity index is 467. The summed E-state index contributed by atoms with van der Waals surface area (Å²) in [5.41, 5.74) is 0.961. The lowest BCUT2D eigenvalue weighted by Crippen LogP contribution is -2.00. The first-order valence-corrected chi connectivity index (χ1v) is 5.99. The Labute approximate surface area is 110 Å². The maximum absolute atomic E-state index is 12.7. The molecule has 1 N–H and O–H groups in total. The molecule has 0 amide bonds. The van der Waals surface area contributed by atoms with Crippen molar-refractivity contribution in [1.29, 1.82) is 0 Å². The molecule has 94 valence electrons. The third-order valence-corrected chi connectivity index (χ3v) is 3.10. The molecule has 0 saturated heterocycles. The number of hydrogen-bond donors (Lipinski definition) is 1. The molecule has 0 fully saturated rings. The SMILES string of the molecule is CC(C)n1cc(NCc2ccc(F)s2)cn1.Cl. The summed E-state index contributed by atoms with van der Waals surface area (Å²) in [6.45, 7) is 4.79. The molecule has 6 heteroatoms. The summed E-state index contributed by atoms with van der Waals surface area (Å²) >= 11 is 1.16. The highest BCUT2D eigenvalue weighted by Crippen LogP contribution is 2.16.